The molecule has 0 amide bonds. The second kappa shape index (κ2) is 6.20. The van der Waals surface area contributed by atoms with Crippen molar-refractivity contribution in [2.75, 3.05) is 19.8 Å². The van der Waals surface area contributed by atoms with E-state index in [2.05, 4.69) is 32.3 Å². The van der Waals surface area contributed by atoms with E-state index in [0.717, 1.165) is 42.1 Å². The SMILES string of the molecule is Brc1cnc(OCC2CCOC2)c(CNC2CC2)c1. The zero-order chi connectivity index (χ0) is 13.1. The first-order valence-electron chi connectivity index (χ1n) is 6.89. The summed E-state index contributed by atoms with van der Waals surface area (Å²) in [7, 11) is 0. The van der Waals surface area contributed by atoms with Gasteiger partial charge in [-0.25, -0.2) is 4.98 Å². The summed E-state index contributed by atoms with van der Waals surface area (Å²) in [6.07, 6.45) is 5.46. The minimum Gasteiger partial charge on any atom is -0.477 e. The highest BCUT2D eigenvalue weighted by atomic mass is 79.9. The van der Waals surface area contributed by atoms with E-state index in [1.807, 2.05) is 0 Å². The second-order valence-electron chi connectivity index (χ2n) is 5.31. The maximum absolute atomic E-state index is 5.88. The fourth-order valence-electron chi connectivity index (χ4n) is 2.18. The lowest BCUT2D eigenvalue weighted by molar-refractivity contribution is 0.165. The number of hydrogen-bond acceptors (Lipinski definition) is 4. The number of rotatable bonds is 6. The van der Waals surface area contributed by atoms with Crippen LogP contribution in [0.5, 0.6) is 5.88 Å². The molecule has 0 radical (unpaired) electrons. The number of hydrogen-bond donors (Lipinski definition) is 1. The van der Waals surface area contributed by atoms with Gasteiger partial charge in [-0.2, -0.15) is 0 Å². The molecule has 3 rings (SSSR count). The van der Waals surface area contributed by atoms with Crippen molar-refractivity contribution in [1.82, 2.24) is 10.3 Å². The third kappa shape index (κ3) is 3.91. The molecule has 1 atom stereocenters. The van der Waals surface area contributed by atoms with Gasteiger partial charge in [-0.3, -0.25) is 0 Å². The number of nitrogens with zero attached hydrogens (tertiary/aromatic N) is 1. The summed E-state index contributed by atoms with van der Waals surface area (Å²) in [4.78, 5) is 4.39. The van der Waals surface area contributed by atoms with Crippen molar-refractivity contribution in [3.63, 3.8) is 0 Å². The fourth-order valence-corrected chi connectivity index (χ4v) is 2.56. The van der Waals surface area contributed by atoms with Crippen LogP contribution in [-0.4, -0.2) is 30.8 Å². The molecule has 4 nitrogen and oxygen atoms in total. The molecule has 2 fully saturated rings. The Labute approximate surface area is 122 Å². The van der Waals surface area contributed by atoms with Gasteiger partial charge in [0.25, 0.3) is 0 Å². The van der Waals surface area contributed by atoms with Gasteiger partial charge in [0.05, 0.1) is 13.2 Å². The Hall–Kier alpha value is -0.650. The van der Waals surface area contributed by atoms with E-state index in [9.17, 15) is 0 Å². The highest BCUT2D eigenvalue weighted by Gasteiger charge is 2.21. The topological polar surface area (TPSA) is 43.4 Å². The largest absolute Gasteiger partial charge is 0.477 e. The number of aromatic nitrogens is 1. The summed E-state index contributed by atoms with van der Waals surface area (Å²) < 4.78 is 12.2. The van der Waals surface area contributed by atoms with Crippen LogP contribution in [0.4, 0.5) is 0 Å². The maximum Gasteiger partial charge on any atom is 0.217 e. The minimum absolute atomic E-state index is 0.509. The van der Waals surface area contributed by atoms with Crippen LogP contribution >= 0.6 is 15.9 Å². The predicted octanol–water partition coefficient (Wildman–Crippen LogP) is 2.51. The van der Waals surface area contributed by atoms with E-state index in [-0.39, 0.29) is 0 Å². The molecule has 5 heteroatoms. The molecule has 19 heavy (non-hydrogen) atoms. The van der Waals surface area contributed by atoms with Crippen LogP contribution in [0.3, 0.4) is 0 Å². The molecular formula is C14H19BrN2O2. The summed E-state index contributed by atoms with van der Waals surface area (Å²) in [5.74, 6) is 1.26. The lowest BCUT2D eigenvalue weighted by Gasteiger charge is -2.13. The van der Waals surface area contributed by atoms with Crippen molar-refractivity contribution < 1.29 is 9.47 Å². The molecule has 0 bridgehead atoms. The van der Waals surface area contributed by atoms with Crippen LogP contribution in [-0.2, 0) is 11.3 Å². The number of nitrogens with one attached hydrogen (secondary N) is 1. The Bertz CT molecular complexity index is 431. The number of halogens is 1. The second-order valence-corrected chi connectivity index (χ2v) is 6.23. The quantitative estimate of drug-likeness (QED) is 0.872. The van der Waals surface area contributed by atoms with Crippen LogP contribution in [0.2, 0.25) is 0 Å². The zero-order valence-corrected chi connectivity index (χ0v) is 12.5. The highest BCUT2D eigenvalue weighted by molar-refractivity contribution is 9.10. The van der Waals surface area contributed by atoms with Gasteiger partial charge in [-0.15, -0.1) is 0 Å². The molecule has 1 saturated heterocycles. The van der Waals surface area contributed by atoms with Gasteiger partial charge in [-0.1, -0.05) is 0 Å². The normalized spacial score (nSPS) is 22.7. The zero-order valence-electron chi connectivity index (χ0n) is 10.9. The highest BCUT2D eigenvalue weighted by Crippen LogP contribution is 2.24. The van der Waals surface area contributed by atoms with E-state index in [0.29, 0.717) is 18.6 Å². The molecule has 1 saturated carbocycles. The predicted molar refractivity (Wildman–Crippen MR) is 76.2 cm³/mol. The molecule has 0 aromatic carbocycles. The molecule has 1 N–H and O–H groups in total. The molecule has 1 aromatic heterocycles. The van der Waals surface area contributed by atoms with Gasteiger partial charge < -0.3 is 14.8 Å². The Kier molecular flexibility index (Phi) is 4.35. The lowest BCUT2D eigenvalue weighted by Crippen LogP contribution is -2.18. The molecule has 1 unspecified atom stereocenters. The smallest absolute Gasteiger partial charge is 0.217 e. The summed E-state index contributed by atoms with van der Waals surface area (Å²) in [6, 6.07) is 2.78. The summed E-state index contributed by atoms with van der Waals surface area (Å²) in [6.45, 7) is 3.20. The molecule has 1 aliphatic carbocycles. The van der Waals surface area contributed by atoms with E-state index in [1.165, 1.54) is 12.8 Å². The Balaban J connectivity index is 1.60. The standard InChI is InChI=1S/C14H19BrN2O2/c15-12-5-11(6-16-13-1-2-13)14(17-7-12)19-9-10-3-4-18-8-10/h5,7,10,13,16H,1-4,6,8-9H2. The van der Waals surface area contributed by atoms with E-state index < -0.39 is 0 Å². The van der Waals surface area contributed by atoms with Gasteiger partial charge in [0, 0.05) is 41.3 Å². The molecule has 104 valence electrons. The molecule has 2 heterocycles. The van der Waals surface area contributed by atoms with Crippen molar-refractivity contribution in [3.05, 3.63) is 22.3 Å². The summed E-state index contributed by atoms with van der Waals surface area (Å²) in [5, 5.41) is 3.50. The van der Waals surface area contributed by atoms with Crippen molar-refractivity contribution in [2.45, 2.75) is 31.8 Å². The number of pyridine rings is 1. The third-order valence-electron chi connectivity index (χ3n) is 3.53. The van der Waals surface area contributed by atoms with E-state index in [4.69, 9.17) is 9.47 Å². The van der Waals surface area contributed by atoms with E-state index in [1.54, 1.807) is 6.20 Å². The Morgan fingerprint density at radius 1 is 1.42 bits per heavy atom. The van der Waals surface area contributed by atoms with Gasteiger partial charge in [-0.05, 0) is 41.3 Å². The maximum atomic E-state index is 5.88. The van der Waals surface area contributed by atoms with Crippen LogP contribution in [0.25, 0.3) is 0 Å². The molecule has 1 aliphatic heterocycles. The van der Waals surface area contributed by atoms with Gasteiger partial charge in [0.15, 0.2) is 0 Å². The molecule has 2 aliphatic rings. The van der Waals surface area contributed by atoms with Crippen molar-refractivity contribution >= 4 is 15.9 Å². The average Bonchev–Trinajstić information content (AvgIpc) is 3.10. The third-order valence-corrected chi connectivity index (χ3v) is 3.96. The fraction of sp³-hybridized carbons (Fsp3) is 0.643. The van der Waals surface area contributed by atoms with Crippen molar-refractivity contribution in [3.8, 4) is 5.88 Å². The molecule has 0 spiro atoms. The van der Waals surface area contributed by atoms with Crippen LogP contribution in [0.15, 0.2) is 16.7 Å². The first-order chi connectivity index (χ1) is 9.31. The lowest BCUT2D eigenvalue weighted by atomic mass is 10.1. The number of ether oxygens (including phenoxy) is 2. The molecule has 1 aromatic rings. The minimum atomic E-state index is 0.509. The van der Waals surface area contributed by atoms with Gasteiger partial charge in [0.1, 0.15) is 0 Å². The van der Waals surface area contributed by atoms with Crippen molar-refractivity contribution in [2.24, 2.45) is 5.92 Å². The monoisotopic (exact) mass is 326 g/mol. The first-order valence-corrected chi connectivity index (χ1v) is 7.69. The van der Waals surface area contributed by atoms with E-state index >= 15 is 0 Å². The average molecular weight is 327 g/mol. The van der Waals surface area contributed by atoms with Crippen LogP contribution < -0.4 is 10.1 Å². The summed E-state index contributed by atoms with van der Waals surface area (Å²) in [5.41, 5.74) is 1.13. The van der Waals surface area contributed by atoms with Gasteiger partial charge in [0.2, 0.25) is 5.88 Å². The Morgan fingerprint density at radius 3 is 3.05 bits per heavy atom. The summed E-state index contributed by atoms with van der Waals surface area (Å²) >= 11 is 3.47. The van der Waals surface area contributed by atoms with Crippen LogP contribution in [0, 0.1) is 5.92 Å². The first kappa shape index (κ1) is 13.3. The molecular weight excluding hydrogens is 308 g/mol. The van der Waals surface area contributed by atoms with Gasteiger partial charge >= 0.3 is 0 Å². The van der Waals surface area contributed by atoms with Crippen LogP contribution in [0.1, 0.15) is 24.8 Å². The van der Waals surface area contributed by atoms with Crippen molar-refractivity contribution in [1.29, 1.82) is 0 Å². The Morgan fingerprint density at radius 2 is 2.32 bits per heavy atom.